The zero-order chi connectivity index (χ0) is 15.1. The Labute approximate surface area is 128 Å². The predicted octanol–water partition coefficient (Wildman–Crippen LogP) is 2.21. The van der Waals surface area contributed by atoms with Crippen LogP contribution in [0.25, 0.3) is 0 Å². The number of furan rings is 1. The van der Waals surface area contributed by atoms with E-state index < -0.39 is 10.0 Å². The number of hydrogen-bond acceptors (Lipinski definition) is 5. The molecule has 0 saturated carbocycles. The average Bonchev–Trinajstić information content (AvgIpc) is 2.96. The summed E-state index contributed by atoms with van der Waals surface area (Å²) in [5.41, 5.74) is 0. The maximum atomic E-state index is 12.0. The fraction of sp³-hybridized carbons (Fsp3) is 0.308. The van der Waals surface area contributed by atoms with Crippen molar-refractivity contribution >= 4 is 21.6 Å². The molecule has 21 heavy (non-hydrogen) atoms. The Kier molecular flexibility index (Phi) is 5.75. The van der Waals surface area contributed by atoms with Gasteiger partial charge >= 0.3 is 0 Å². The summed E-state index contributed by atoms with van der Waals surface area (Å²) in [4.78, 5) is 3.84. The summed E-state index contributed by atoms with van der Waals surface area (Å²) in [7, 11) is -3.56. The van der Waals surface area contributed by atoms with Gasteiger partial charge in [0.2, 0.25) is 10.0 Å². The maximum Gasteiger partial charge on any atom is 0.240 e. The molecule has 0 aliphatic heterocycles. The number of rotatable bonds is 8. The largest absolute Gasteiger partial charge is 0.467 e. The number of ether oxygens (including phenoxy) is 1. The van der Waals surface area contributed by atoms with Gasteiger partial charge in [-0.1, -0.05) is 11.6 Å². The van der Waals surface area contributed by atoms with Crippen molar-refractivity contribution in [2.45, 2.75) is 17.9 Å². The minimum absolute atomic E-state index is 0.0963. The van der Waals surface area contributed by atoms with Crippen molar-refractivity contribution in [3.8, 4) is 0 Å². The van der Waals surface area contributed by atoms with Crippen molar-refractivity contribution in [3.63, 3.8) is 0 Å². The Morgan fingerprint density at radius 1 is 1.38 bits per heavy atom. The van der Waals surface area contributed by atoms with E-state index in [1.54, 1.807) is 12.3 Å². The molecule has 0 spiro atoms. The van der Waals surface area contributed by atoms with Crippen LogP contribution in [-0.4, -0.2) is 26.6 Å². The van der Waals surface area contributed by atoms with Crippen LogP contribution >= 0.6 is 11.6 Å². The molecule has 0 aromatic carbocycles. The zero-order valence-electron chi connectivity index (χ0n) is 11.2. The van der Waals surface area contributed by atoms with Gasteiger partial charge in [-0.15, -0.1) is 0 Å². The molecule has 0 bridgehead atoms. The summed E-state index contributed by atoms with van der Waals surface area (Å²) in [5, 5.41) is 0.139. The minimum atomic E-state index is -3.56. The van der Waals surface area contributed by atoms with E-state index in [1.165, 1.54) is 18.3 Å². The van der Waals surface area contributed by atoms with Crippen LogP contribution in [0.5, 0.6) is 0 Å². The first-order valence-electron chi connectivity index (χ1n) is 6.29. The Morgan fingerprint density at radius 3 is 2.95 bits per heavy atom. The quantitative estimate of drug-likeness (QED) is 0.593. The van der Waals surface area contributed by atoms with Gasteiger partial charge in [0.15, 0.2) is 0 Å². The minimum Gasteiger partial charge on any atom is -0.467 e. The number of halogens is 1. The third-order valence-electron chi connectivity index (χ3n) is 2.59. The first kappa shape index (κ1) is 16.0. The Hall–Kier alpha value is -1.41. The van der Waals surface area contributed by atoms with Gasteiger partial charge < -0.3 is 9.15 Å². The molecule has 2 aromatic rings. The predicted molar refractivity (Wildman–Crippen MR) is 77.4 cm³/mol. The molecule has 2 rings (SSSR count). The number of hydrogen-bond donors (Lipinski definition) is 1. The second-order valence-corrected chi connectivity index (χ2v) is 6.35. The SMILES string of the molecule is O=S(=O)(NCCCOCc1ccco1)c1ccnc(Cl)c1. The molecule has 8 heteroatoms. The molecule has 0 atom stereocenters. The van der Waals surface area contributed by atoms with Gasteiger partial charge in [-0.05, 0) is 30.7 Å². The van der Waals surface area contributed by atoms with Gasteiger partial charge in [0.1, 0.15) is 17.5 Å². The van der Waals surface area contributed by atoms with Crippen molar-refractivity contribution in [2.24, 2.45) is 0 Å². The van der Waals surface area contributed by atoms with E-state index in [0.29, 0.717) is 19.6 Å². The van der Waals surface area contributed by atoms with E-state index in [2.05, 4.69) is 9.71 Å². The molecule has 0 radical (unpaired) electrons. The second-order valence-electron chi connectivity index (χ2n) is 4.20. The molecule has 0 fully saturated rings. The van der Waals surface area contributed by atoms with Crippen LogP contribution in [-0.2, 0) is 21.4 Å². The Morgan fingerprint density at radius 2 is 2.24 bits per heavy atom. The van der Waals surface area contributed by atoms with Crippen LogP contribution in [0.2, 0.25) is 5.15 Å². The van der Waals surface area contributed by atoms with Crippen LogP contribution in [0.4, 0.5) is 0 Å². The number of nitrogens with one attached hydrogen (secondary N) is 1. The van der Waals surface area contributed by atoms with Gasteiger partial charge in [0.25, 0.3) is 0 Å². The number of sulfonamides is 1. The molecule has 0 amide bonds. The van der Waals surface area contributed by atoms with Crippen LogP contribution in [0.3, 0.4) is 0 Å². The fourth-order valence-electron chi connectivity index (χ4n) is 1.58. The number of nitrogens with zero attached hydrogens (tertiary/aromatic N) is 1. The summed E-state index contributed by atoms with van der Waals surface area (Å²) in [6.07, 6.45) is 3.48. The van der Waals surface area contributed by atoms with Gasteiger partial charge in [0.05, 0.1) is 11.2 Å². The molecule has 6 nitrogen and oxygen atoms in total. The molecule has 114 valence electrons. The topological polar surface area (TPSA) is 81.4 Å². The lowest BCUT2D eigenvalue weighted by atomic mass is 10.4. The maximum absolute atomic E-state index is 12.0. The second kappa shape index (κ2) is 7.56. The molecule has 2 heterocycles. The van der Waals surface area contributed by atoms with E-state index in [4.69, 9.17) is 20.8 Å². The lowest BCUT2D eigenvalue weighted by Crippen LogP contribution is -2.25. The third kappa shape index (κ3) is 5.13. The Bertz CT molecular complexity index is 659. The van der Waals surface area contributed by atoms with Crippen LogP contribution in [0.1, 0.15) is 12.2 Å². The number of aromatic nitrogens is 1. The lowest BCUT2D eigenvalue weighted by molar-refractivity contribution is 0.105. The average molecular weight is 331 g/mol. The normalized spacial score (nSPS) is 11.7. The molecule has 0 aliphatic carbocycles. The van der Waals surface area contributed by atoms with Crippen molar-refractivity contribution in [1.29, 1.82) is 0 Å². The molecule has 0 saturated heterocycles. The van der Waals surface area contributed by atoms with Gasteiger partial charge in [0, 0.05) is 19.3 Å². The van der Waals surface area contributed by atoms with Crippen molar-refractivity contribution in [3.05, 3.63) is 47.6 Å². The highest BCUT2D eigenvalue weighted by Gasteiger charge is 2.13. The summed E-state index contributed by atoms with van der Waals surface area (Å²) < 4.78 is 36.8. The van der Waals surface area contributed by atoms with Crippen LogP contribution in [0, 0.1) is 0 Å². The number of pyridine rings is 1. The summed E-state index contributed by atoms with van der Waals surface area (Å²) in [6.45, 7) is 1.08. The van der Waals surface area contributed by atoms with Gasteiger partial charge in [-0.3, -0.25) is 0 Å². The van der Waals surface area contributed by atoms with E-state index in [9.17, 15) is 8.42 Å². The summed E-state index contributed by atoms with van der Waals surface area (Å²) >= 11 is 5.67. The molecule has 0 unspecified atom stereocenters. The Balaban J connectivity index is 1.70. The molecule has 1 N–H and O–H groups in total. The van der Waals surface area contributed by atoms with Gasteiger partial charge in [-0.25, -0.2) is 18.1 Å². The van der Waals surface area contributed by atoms with Crippen LogP contribution < -0.4 is 4.72 Å². The molecular weight excluding hydrogens is 316 g/mol. The van der Waals surface area contributed by atoms with Crippen molar-refractivity contribution < 1.29 is 17.6 Å². The smallest absolute Gasteiger partial charge is 0.240 e. The third-order valence-corrected chi connectivity index (χ3v) is 4.26. The van der Waals surface area contributed by atoms with E-state index in [-0.39, 0.29) is 16.6 Å². The van der Waals surface area contributed by atoms with E-state index >= 15 is 0 Å². The highest BCUT2D eigenvalue weighted by molar-refractivity contribution is 7.89. The molecular formula is C13H15ClN2O4S. The highest BCUT2D eigenvalue weighted by atomic mass is 35.5. The summed E-state index contributed by atoms with van der Waals surface area (Å²) in [6, 6.07) is 6.29. The van der Waals surface area contributed by atoms with Gasteiger partial charge in [-0.2, -0.15) is 0 Å². The molecule has 0 aliphatic rings. The standard InChI is InChI=1S/C13H15ClN2O4S/c14-13-9-12(4-6-15-13)21(17,18)16-5-2-7-19-10-11-3-1-8-20-11/h1,3-4,6,8-9,16H,2,5,7,10H2. The van der Waals surface area contributed by atoms with E-state index in [0.717, 1.165) is 5.76 Å². The van der Waals surface area contributed by atoms with Crippen molar-refractivity contribution in [1.82, 2.24) is 9.71 Å². The summed E-state index contributed by atoms with van der Waals surface area (Å²) in [5.74, 6) is 0.738. The van der Waals surface area contributed by atoms with Crippen LogP contribution in [0.15, 0.2) is 46.0 Å². The van der Waals surface area contributed by atoms with E-state index in [1.807, 2.05) is 6.07 Å². The van der Waals surface area contributed by atoms with Crippen molar-refractivity contribution in [2.75, 3.05) is 13.2 Å². The monoisotopic (exact) mass is 330 g/mol. The molecule has 2 aromatic heterocycles. The lowest BCUT2D eigenvalue weighted by Gasteiger charge is -2.07. The zero-order valence-corrected chi connectivity index (χ0v) is 12.7. The first-order valence-corrected chi connectivity index (χ1v) is 8.15. The fourth-order valence-corrected chi connectivity index (χ4v) is 2.91. The first-order chi connectivity index (χ1) is 10.1. The highest BCUT2D eigenvalue weighted by Crippen LogP contribution is 2.12.